The predicted octanol–water partition coefficient (Wildman–Crippen LogP) is 4.39. The van der Waals surface area contributed by atoms with Crippen LogP contribution in [-0.2, 0) is 9.59 Å². The minimum absolute atomic E-state index is 0.399. The monoisotopic (exact) mass is 283 g/mol. The lowest BCUT2D eigenvalue weighted by Gasteiger charge is -2.04. The summed E-state index contributed by atoms with van der Waals surface area (Å²) in [6.45, 7) is 4.19. The smallest absolute Gasteiger partial charge is 0.287 e. The van der Waals surface area contributed by atoms with E-state index in [1.54, 1.807) is 0 Å². The van der Waals surface area contributed by atoms with Gasteiger partial charge in [0.05, 0.1) is 0 Å². The Morgan fingerprint density at radius 3 is 1.50 bits per heavy atom. The van der Waals surface area contributed by atoms with Crippen LogP contribution < -0.4 is 5.32 Å². The van der Waals surface area contributed by atoms with Crippen molar-refractivity contribution in [3.05, 3.63) is 0 Å². The average molecular weight is 283 g/mol. The molecular formula is C17H33NO2. The molecule has 0 unspecified atom stereocenters. The Bertz CT molecular complexity index is 251. The van der Waals surface area contributed by atoms with E-state index in [4.69, 9.17) is 0 Å². The van der Waals surface area contributed by atoms with Crippen LogP contribution >= 0.6 is 0 Å². The van der Waals surface area contributed by atoms with Gasteiger partial charge in [-0.2, -0.15) is 0 Å². The van der Waals surface area contributed by atoms with Crippen molar-refractivity contribution in [3.8, 4) is 0 Å². The van der Waals surface area contributed by atoms with E-state index in [9.17, 15) is 9.59 Å². The Morgan fingerprint density at radius 2 is 1.10 bits per heavy atom. The molecule has 0 aliphatic rings. The molecule has 3 heteroatoms. The molecule has 0 rings (SSSR count). The Hall–Kier alpha value is -0.860. The zero-order chi connectivity index (χ0) is 15.1. The molecule has 0 aromatic heterocycles. The topological polar surface area (TPSA) is 46.2 Å². The summed E-state index contributed by atoms with van der Waals surface area (Å²) in [6.07, 6.45) is 15.7. The van der Waals surface area contributed by atoms with E-state index in [1.807, 2.05) is 0 Å². The van der Waals surface area contributed by atoms with E-state index in [1.165, 1.54) is 71.1 Å². The third-order valence-electron chi connectivity index (χ3n) is 3.64. The largest absolute Gasteiger partial charge is 0.350 e. The lowest BCUT2D eigenvalue weighted by molar-refractivity contribution is -0.136. The van der Waals surface area contributed by atoms with E-state index in [2.05, 4.69) is 12.2 Å². The molecular weight excluding hydrogens is 250 g/mol. The number of nitrogens with one attached hydrogen (secondary N) is 1. The van der Waals surface area contributed by atoms with Crippen molar-refractivity contribution in [2.24, 2.45) is 0 Å². The molecule has 0 saturated carbocycles. The van der Waals surface area contributed by atoms with Gasteiger partial charge in [-0.05, 0) is 6.42 Å². The van der Waals surface area contributed by atoms with Crippen LogP contribution in [0.15, 0.2) is 0 Å². The van der Waals surface area contributed by atoms with Crippen molar-refractivity contribution in [2.75, 3.05) is 6.54 Å². The van der Waals surface area contributed by atoms with E-state index in [0.717, 1.165) is 12.8 Å². The van der Waals surface area contributed by atoms with Gasteiger partial charge in [-0.25, -0.2) is 0 Å². The summed E-state index contributed by atoms with van der Waals surface area (Å²) >= 11 is 0. The molecule has 0 spiro atoms. The molecule has 1 amide bonds. The summed E-state index contributed by atoms with van der Waals surface area (Å²) in [5, 5.41) is 2.63. The summed E-state index contributed by atoms with van der Waals surface area (Å²) in [6, 6.07) is 0. The third-order valence-corrected chi connectivity index (χ3v) is 3.64. The van der Waals surface area contributed by atoms with Crippen molar-refractivity contribution >= 4 is 11.7 Å². The van der Waals surface area contributed by atoms with Crippen LogP contribution in [0, 0.1) is 0 Å². The normalized spacial score (nSPS) is 10.5. The SMILES string of the molecule is CCCCCCCCCCCCCCNC(=O)C(C)=O. The van der Waals surface area contributed by atoms with Gasteiger partial charge in [-0.15, -0.1) is 0 Å². The third kappa shape index (κ3) is 13.6. The lowest BCUT2D eigenvalue weighted by atomic mass is 10.1. The van der Waals surface area contributed by atoms with Crippen LogP contribution in [0.1, 0.15) is 90.9 Å². The molecule has 0 atom stereocenters. The molecule has 3 nitrogen and oxygen atoms in total. The highest BCUT2D eigenvalue weighted by atomic mass is 16.2. The number of hydrogen-bond acceptors (Lipinski definition) is 2. The number of amides is 1. The number of carbonyl (C=O) groups is 2. The van der Waals surface area contributed by atoms with Crippen molar-refractivity contribution in [2.45, 2.75) is 90.9 Å². The molecule has 20 heavy (non-hydrogen) atoms. The molecule has 0 aliphatic heterocycles. The Labute approximate surface area is 124 Å². The Balaban J connectivity index is 3.06. The number of Topliss-reactive ketones (excluding diaryl/α,β-unsaturated/α-hetero) is 1. The van der Waals surface area contributed by atoms with E-state index < -0.39 is 11.7 Å². The molecule has 0 bridgehead atoms. The van der Waals surface area contributed by atoms with Crippen molar-refractivity contribution in [3.63, 3.8) is 0 Å². The highest BCUT2D eigenvalue weighted by Crippen LogP contribution is 2.11. The number of unbranched alkanes of at least 4 members (excludes halogenated alkanes) is 11. The summed E-state index contributed by atoms with van der Waals surface area (Å²) in [4.78, 5) is 21.7. The maximum atomic E-state index is 11.0. The average Bonchev–Trinajstić information content (AvgIpc) is 2.43. The van der Waals surface area contributed by atoms with Crippen LogP contribution in [0.5, 0.6) is 0 Å². The highest BCUT2D eigenvalue weighted by molar-refractivity contribution is 6.35. The maximum absolute atomic E-state index is 11.0. The van der Waals surface area contributed by atoms with Crippen LogP contribution in [-0.4, -0.2) is 18.2 Å². The van der Waals surface area contributed by atoms with E-state index >= 15 is 0 Å². The molecule has 0 aromatic carbocycles. The first-order valence-corrected chi connectivity index (χ1v) is 8.47. The molecule has 118 valence electrons. The number of hydrogen-bond donors (Lipinski definition) is 1. The number of ketones is 1. The fourth-order valence-corrected chi connectivity index (χ4v) is 2.29. The summed E-state index contributed by atoms with van der Waals surface area (Å²) in [7, 11) is 0. The first kappa shape index (κ1) is 19.1. The molecule has 0 aliphatic carbocycles. The minimum Gasteiger partial charge on any atom is -0.350 e. The quantitative estimate of drug-likeness (QED) is 0.379. The molecule has 0 heterocycles. The Kier molecular flexibility index (Phi) is 13.9. The van der Waals surface area contributed by atoms with E-state index in [-0.39, 0.29) is 0 Å². The molecule has 1 N–H and O–H groups in total. The second-order valence-corrected chi connectivity index (χ2v) is 5.70. The zero-order valence-corrected chi connectivity index (χ0v) is 13.5. The van der Waals surface area contributed by atoms with Gasteiger partial charge in [0.1, 0.15) is 0 Å². The zero-order valence-electron chi connectivity index (χ0n) is 13.5. The van der Waals surface area contributed by atoms with Crippen molar-refractivity contribution in [1.82, 2.24) is 5.32 Å². The lowest BCUT2D eigenvalue weighted by Crippen LogP contribution is -2.29. The predicted molar refractivity (Wildman–Crippen MR) is 84.8 cm³/mol. The van der Waals surface area contributed by atoms with Gasteiger partial charge in [0.25, 0.3) is 5.91 Å². The Morgan fingerprint density at radius 1 is 0.700 bits per heavy atom. The summed E-state index contributed by atoms with van der Waals surface area (Å²) in [5.41, 5.74) is 0. The standard InChI is InChI=1S/C17H33NO2/c1-3-4-5-6-7-8-9-10-11-12-13-14-15-18-17(20)16(2)19/h3-15H2,1-2H3,(H,18,20). The molecule has 0 aromatic rings. The fourth-order valence-electron chi connectivity index (χ4n) is 2.29. The second kappa shape index (κ2) is 14.5. The van der Waals surface area contributed by atoms with Crippen molar-refractivity contribution in [1.29, 1.82) is 0 Å². The van der Waals surface area contributed by atoms with Gasteiger partial charge in [0, 0.05) is 13.5 Å². The molecule has 0 saturated heterocycles. The number of carbonyl (C=O) groups excluding carboxylic acids is 2. The van der Waals surface area contributed by atoms with Gasteiger partial charge in [-0.1, -0.05) is 77.6 Å². The van der Waals surface area contributed by atoms with Gasteiger partial charge >= 0.3 is 0 Å². The summed E-state index contributed by atoms with van der Waals surface area (Å²) in [5.74, 6) is -0.850. The summed E-state index contributed by atoms with van der Waals surface area (Å²) < 4.78 is 0. The highest BCUT2D eigenvalue weighted by Gasteiger charge is 2.04. The van der Waals surface area contributed by atoms with Crippen LogP contribution in [0.25, 0.3) is 0 Å². The molecule has 0 radical (unpaired) electrons. The van der Waals surface area contributed by atoms with Gasteiger partial charge in [-0.3, -0.25) is 9.59 Å². The first-order chi connectivity index (χ1) is 9.68. The van der Waals surface area contributed by atoms with Crippen LogP contribution in [0.3, 0.4) is 0 Å². The first-order valence-electron chi connectivity index (χ1n) is 8.47. The van der Waals surface area contributed by atoms with Gasteiger partial charge < -0.3 is 5.32 Å². The van der Waals surface area contributed by atoms with E-state index in [0.29, 0.717) is 6.54 Å². The van der Waals surface area contributed by atoms with Gasteiger partial charge in [0.15, 0.2) is 0 Å². The fraction of sp³-hybridized carbons (Fsp3) is 0.882. The number of rotatable bonds is 14. The van der Waals surface area contributed by atoms with Crippen LogP contribution in [0.4, 0.5) is 0 Å². The molecule has 0 fully saturated rings. The minimum atomic E-state index is -0.451. The second-order valence-electron chi connectivity index (χ2n) is 5.70. The van der Waals surface area contributed by atoms with Crippen LogP contribution in [0.2, 0.25) is 0 Å². The van der Waals surface area contributed by atoms with Crippen molar-refractivity contribution < 1.29 is 9.59 Å². The van der Waals surface area contributed by atoms with Gasteiger partial charge in [0.2, 0.25) is 5.78 Å². The maximum Gasteiger partial charge on any atom is 0.287 e.